The van der Waals surface area contributed by atoms with Crippen LogP contribution in [0.25, 0.3) is 0 Å². The topological polar surface area (TPSA) is 107 Å². The number of amides is 1. The fourth-order valence-corrected chi connectivity index (χ4v) is 1.26. The van der Waals surface area contributed by atoms with Gasteiger partial charge in [-0.1, -0.05) is 0 Å². The number of aryl methyl sites for hydroxylation is 1. The lowest BCUT2D eigenvalue weighted by Crippen LogP contribution is -2.24. The first-order valence-corrected chi connectivity index (χ1v) is 5.28. The van der Waals surface area contributed by atoms with E-state index in [-0.39, 0.29) is 24.0 Å². The second kappa shape index (κ2) is 5.17. The second-order valence-corrected chi connectivity index (χ2v) is 3.66. The largest absolute Gasteiger partial charge is 0.382 e. The van der Waals surface area contributed by atoms with Gasteiger partial charge >= 0.3 is 0 Å². The highest BCUT2D eigenvalue weighted by atomic mass is 16.1. The van der Waals surface area contributed by atoms with E-state index in [4.69, 9.17) is 5.73 Å². The number of nitrogens with two attached hydrogens (primary N) is 1. The summed E-state index contributed by atoms with van der Waals surface area (Å²) in [6, 6.07) is 0. The van der Waals surface area contributed by atoms with Gasteiger partial charge in [0, 0.05) is 6.20 Å². The van der Waals surface area contributed by atoms with Crippen molar-refractivity contribution in [2.45, 2.75) is 13.5 Å². The molecule has 92 valence electrons. The van der Waals surface area contributed by atoms with Gasteiger partial charge in [-0.2, -0.15) is 0 Å². The van der Waals surface area contributed by atoms with Crippen LogP contribution in [0.15, 0.2) is 24.8 Å². The number of nitrogens with zero attached hydrogens (tertiary/aromatic N) is 4. The average molecular weight is 244 g/mol. The molecular weight excluding hydrogens is 232 g/mol. The second-order valence-electron chi connectivity index (χ2n) is 3.66. The summed E-state index contributed by atoms with van der Waals surface area (Å²) < 4.78 is 0. The maximum absolute atomic E-state index is 11.7. The Morgan fingerprint density at radius 2 is 2.11 bits per heavy atom. The summed E-state index contributed by atoms with van der Waals surface area (Å²) in [5, 5.41) is 2.66. The SMILES string of the molecule is Cc1cnc(CNC(=O)c2cncc(N)n2)cn1. The molecule has 0 saturated carbocycles. The van der Waals surface area contributed by atoms with Gasteiger partial charge in [0.2, 0.25) is 0 Å². The number of nitrogen functional groups attached to an aromatic ring is 1. The number of hydrogen-bond acceptors (Lipinski definition) is 6. The summed E-state index contributed by atoms with van der Waals surface area (Å²) in [6.45, 7) is 2.13. The van der Waals surface area contributed by atoms with Crippen LogP contribution < -0.4 is 11.1 Å². The Balaban J connectivity index is 1.98. The molecule has 0 fully saturated rings. The molecule has 18 heavy (non-hydrogen) atoms. The fourth-order valence-electron chi connectivity index (χ4n) is 1.26. The smallest absolute Gasteiger partial charge is 0.271 e. The van der Waals surface area contributed by atoms with Crippen molar-refractivity contribution in [1.29, 1.82) is 0 Å². The van der Waals surface area contributed by atoms with Gasteiger partial charge < -0.3 is 11.1 Å². The number of nitrogens with one attached hydrogen (secondary N) is 1. The molecule has 7 nitrogen and oxygen atoms in total. The third-order valence-corrected chi connectivity index (χ3v) is 2.15. The van der Waals surface area contributed by atoms with E-state index in [0.29, 0.717) is 5.69 Å². The van der Waals surface area contributed by atoms with Crippen LogP contribution in [-0.4, -0.2) is 25.8 Å². The molecule has 0 aliphatic carbocycles. The first kappa shape index (κ1) is 11.9. The zero-order valence-corrected chi connectivity index (χ0v) is 9.79. The molecule has 0 radical (unpaired) electrons. The predicted molar refractivity (Wildman–Crippen MR) is 64.4 cm³/mol. The Kier molecular flexibility index (Phi) is 3.42. The van der Waals surface area contributed by atoms with E-state index in [9.17, 15) is 4.79 Å². The average Bonchev–Trinajstić information content (AvgIpc) is 2.38. The summed E-state index contributed by atoms with van der Waals surface area (Å²) in [5.41, 5.74) is 7.12. The summed E-state index contributed by atoms with van der Waals surface area (Å²) in [4.78, 5) is 27.6. The summed E-state index contributed by atoms with van der Waals surface area (Å²) in [5.74, 6) is -0.144. The lowest BCUT2D eigenvalue weighted by molar-refractivity contribution is 0.0945. The Morgan fingerprint density at radius 1 is 1.28 bits per heavy atom. The predicted octanol–water partition coefficient (Wildman–Crippen LogP) is 0.0872. The van der Waals surface area contributed by atoms with Gasteiger partial charge in [-0.25, -0.2) is 4.98 Å². The van der Waals surface area contributed by atoms with E-state index in [1.165, 1.54) is 12.4 Å². The van der Waals surface area contributed by atoms with E-state index in [1.807, 2.05) is 6.92 Å². The number of hydrogen-bond donors (Lipinski definition) is 2. The molecule has 0 spiro atoms. The molecule has 0 aromatic carbocycles. The van der Waals surface area contributed by atoms with Crippen molar-refractivity contribution in [3.05, 3.63) is 41.9 Å². The Morgan fingerprint density at radius 3 is 2.78 bits per heavy atom. The Hall–Kier alpha value is -2.57. The van der Waals surface area contributed by atoms with Crippen molar-refractivity contribution in [3.8, 4) is 0 Å². The molecule has 1 amide bonds. The quantitative estimate of drug-likeness (QED) is 0.792. The van der Waals surface area contributed by atoms with Crippen molar-refractivity contribution in [3.63, 3.8) is 0 Å². The van der Waals surface area contributed by atoms with Crippen LogP contribution in [0.5, 0.6) is 0 Å². The number of carbonyl (C=O) groups is 1. The van der Waals surface area contributed by atoms with Gasteiger partial charge in [-0.15, -0.1) is 0 Å². The molecular formula is C11H12N6O. The standard InChI is InChI=1S/C11H12N6O/c1-7-2-15-8(3-14-7)4-16-11(18)9-5-13-6-10(12)17-9/h2-3,5-6H,4H2,1H3,(H2,12,17)(H,16,18). The van der Waals surface area contributed by atoms with E-state index in [2.05, 4.69) is 25.3 Å². The minimum absolute atomic E-state index is 0.176. The van der Waals surface area contributed by atoms with Gasteiger partial charge in [0.05, 0.1) is 36.5 Å². The van der Waals surface area contributed by atoms with Crippen molar-refractivity contribution >= 4 is 11.7 Å². The van der Waals surface area contributed by atoms with Crippen LogP contribution in [0, 0.1) is 6.92 Å². The highest BCUT2D eigenvalue weighted by Crippen LogP contribution is 1.98. The van der Waals surface area contributed by atoms with Gasteiger partial charge in [-0.3, -0.25) is 19.7 Å². The van der Waals surface area contributed by atoms with Crippen LogP contribution in [0.4, 0.5) is 5.82 Å². The van der Waals surface area contributed by atoms with Crippen molar-refractivity contribution in [2.24, 2.45) is 0 Å². The van der Waals surface area contributed by atoms with Gasteiger partial charge in [0.15, 0.2) is 0 Å². The lowest BCUT2D eigenvalue weighted by Gasteiger charge is -2.04. The van der Waals surface area contributed by atoms with Crippen LogP contribution in [0.2, 0.25) is 0 Å². The van der Waals surface area contributed by atoms with Crippen LogP contribution in [-0.2, 0) is 6.54 Å². The minimum atomic E-state index is -0.350. The number of rotatable bonds is 3. The van der Waals surface area contributed by atoms with Gasteiger partial charge in [0.1, 0.15) is 11.5 Å². The molecule has 2 aromatic heterocycles. The monoisotopic (exact) mass is 244 g/mol. The van der Waals surface area contributed by atoms with Gasteiger partial charge in [0.25, 0.3) is 5.91 Å². The number of carbonyl (C=O) groups excluding carboxylic acids is 1. The normalized spacial score (nSPS) is 10.1. The lowest BCUT2D eigenvalue weighted by atomic mass is 10.3. The van der Waals surface area contributed by atoms with Crippen LogP contribution >= 0.6 is 0 Å². The summed E-state index contributed by atoms with van der Waals surface area (Å²) >= 11 is 0. The molecule has 0 aliphatic rings. The van der Waals surface area contributed by atoms with Crippen LogP contribution in [0.3, 0.4) is 0 Å². The number of anilines is 1. The van der Waals surface area contributed by atoms with E-state index < -0.39 is 0 Å². The van der Waals surface area contributed by atoms with Crippen LogP contribution in [0.1, 0.15) is 21.9 Å². The zero-order chi connectivity index (χ0) is 13.0. The Labute approximate surface area is 104 Å². The highest BCUT2D eigenvalue weighted by Gasteiger charge is 2.08. The summed E-state index contributed by atoms with van der Waals surface area (Å²) in [7, 11) is 0. The van der Waals surface area contributed by atoms with Crippen molar-refractivity contribution in [2.75, 3.05) is 5.73 Å². The van der Waals surface area contributed by atoms with Crippen molar-refractivity contribution in [1.82, 2.24) is 25.3 Å². The van der Waals surface area contributed by atoms with E-state index in [1.54, 1.807) is 12.4 Å². The van der Waals surface area contributed by atoms with E-state index >= 15 is 0 Å². The molecule has 0 unspecified atom stereocenters. The third kappa shape index (κ3) is 2.97. The molecule has 0 saturated heterocycles. The molecule has 2 aromatic rings. The highest BCUT2D eigenvalue weighted by molar-refractivity contribution is 5.92. The van der Waals surface area contributed by atoms with Crippen molar-refractivity contribution < 1.29 is 4.79 Å². The molecule has 0 atom stereocenters. The first-order chi connectivity index (χ1) is 8.65. The fraction of sp³-hybridized carbons (Fsp3) is 0.182. The minimum Gasteiger partial charge on any atom is -0.382 e. The zero-order valence-electron chi connectivity index (χ0n) is 9.79. The summed E-state index contributed by atoms with van der Waals surface area (Å²) in [6.07, 6.45) is 5.98. The molecule has 2 heterocycles. The van der Waals surface area contributed by atoms with E-state index in [0.717, 1.165) is 5.69 Å². The molecule has 0 bridgehead atoms. The molecule has 0 aliphatic heterocycles. The maximum atomic E-state index is 11.7. The molecule has 3 N–H and O–H groups in total. The van der Waals surface area contributed by atoms with Gasteiger partial charge in [-0.05, 0) is 6.92 Å². The molecule has 2 rings (SSSR count). The third-order valence-electron chi connectivity index (χ3n) is 2.15. The first-order valence-electron chi connectivity index (χ1n) is 5.28. The molecule has 7 heteroatoms. The number of aromatic nitrogens is 4. The Bertz CT molecular complexity index is 554. The maximum Gasteiger partial charge on any atom is 0.271 e.